The molecule has 4 aromatic carbocycles. The Labute approximate surface area is 388 Å². The Hall–Kier alpha value is -5.00. The molecule has 4 bridgehead atoms. The van der Waals surface area contributed by atoms with Crippen LogP contribution < -0.4 is 28.7 Å². The van der Waals surface area contributed by atoms with E-state index in [-0.39, 0.29) is 47.2 Å². The van der Waals surface area contributed by atoms with Gasteiger partial charge in [-0.05, 0) is 70.8 Å². The van der Waals surface area contributed by atoms with Crippen LogP contribution in [0.4, 0.5) is 11.4 Å². The first-order valence-corrected chi connectivity index (χ1v) is 24.9. The van der Waals surface area contributed by atoms with Gasteiger partial charge in [0.15, 0.2) is 23.0 Å². The summed E-state index contributed by atoms with van der Waals surface area (Å²) in [5.41, 5.74) is 11.8. The van der Waals surface area contributed by atoms with Gasteiger partial charge in [-0.25, -0.2) is 0 Å². The Morgan fingerprint density at radius 2 is 1.00 bits per heavy atom. The van der Waals surface area contributed by atoms with Crippen molar-refractivity contribution < 1.29 is 37.4 Å². The molecule has 340 valence electrons. The van der Waals surface area contributed by atoms with E-state index < -0.39 is 0 Å². The van der Waals surface area contributed by atoms with Gasteiger partial charge in [-0.15, -0.1) is 0 Å². The molecule has 0 radical (unpaired) electrons. The second-order valence-corrected chi connectivity index (χ2v) is 22.1. The summed E-state index contributed by atoms with van der Waals surface area (Å²) in [5, 5.41) is 0. The van der Waals surface area contributed by atoms with E-state index in [1.165, 1.54) is 48.2 Å². The molecule has 11 aliphatic rings. The molecule has 0 unspecified atom stereocenters. The molecule has 66 heavy (non-hydrogen) atoms. The zero-order chi connectivity index (χ0) is 43.9. The number of methoxy groups -OCH3 is 4. The summed E-state index contributed by atoms with van der Waals surface area (Å²) < 4.78 is 40.8. The number of nitrogens with zero attached hydrogens (tertiary/aromatic N) is 4. The molecule has 0 aromatic heterocycles. The fourth-order valence-corrected chi connectivity index (χ4v) is 18.5. The van der Waals surface area contributed by atoms with E-state index in [2.05, 4.69) is 107 Å². The summed E-state index contributed by atoms with van der Waals surface area (Å²) >= 11 is 0. The Morgan fingerprint density at radius 1 is 0.561 bits per heavy atom. The number of rotatable bonds is 8. The van der Waals surface area contributed by atoms with Gasteiger partial charge >= 0.3 is 0 Å². The van der Waals surface area contributed by atoms with Crippen molar-refractivity contribution in [3.05, 3.63) is 130 Å². The molecule has 4 aromatic rings. The van der Waals surface area contributed by atoms with Crippen LogP contribution in [0, 0.1) is 23.7 Å². The number of piperidine rings is 2. The minimum Gasteiger partial charge on any atom is -0.493 e. The first-order chi connectivity index (χ1) is 32.4. The van der Waals surface area contributed by atoms with E-state index in [1.807, 2.05) is 0 Å². The topological polar surface area (TPSA) is 61.9 Å². The number of anilines is 2. The maximum Gasteiger partial charge on any atom is 0.161 e. The summed E-state index contributed by atoms with van der Waals surface area (Å²) in [6.07, 6.45) is 9.71. The van der Waals surface area contributed by atoms with Crippen molar-refractivity contribution in [1.29, 1.82) is 0 Å². The second-order valence-electron chi connectivity index (χ2n) is 22.1. The Balaban J connectivity index is 0.924. The third kappa shape index (κ3) is 4.54. The minimum atomic E-state index is -0.0517. The van der Waals surface area contributed by atoms with Gasteiger partial charge in [-0.3, -0.25) is 0 Å². The fraction of sp³-hybridized carbons (Fsp3) is 0.500. The second kappa shape index (κ2) is 13.4. The molecule has 10 nitrogen and oxygen atoms in total. The molecule has 0 amide bonds. The molecule has 9 heterocycles. The monoisotopic (exact) mass is 886 g/mol. The highest BCUT2D eigenvalue weighted by Crippen LogP contribution is 2.73. The average molecular weight is 887 g/mol. The highest BCUT2D eigenvalue weighted by atomic mass is 16.5. The predicted molar refractivity (Wildman–Crippen MR) is 251 cm³/mol. The number of hydrogen-bond donors (Lipinski definition) is 0. The van der Waals surface area contributed by atoms with Gasteiger partial charge in [0, 0.05) is 71.9 Å². The van der Waals surface area contributed by atoms with Crippen LogP contribution in [0.3, 0.4) is 0 Å². The zero-order valence-electron chi connectivity index (χ0n) is 38.7. The van der Waals surface area contributed by atoms with E-state index in [0.717, 1.165) is 71.2 Å². The van der Waals surface area contributed by atoms with Crippen LogP contribution in [0.5, 0.6) is 23.0 Å². The van der Waals surface area contributed by atoms with Crippen molar-refractivity contribution in [3.63, 3.8) is 0 Å². The third-order valence-electron chi connectivity index (χ3n) is 20.4. The molecule has 10 heteroatoms. The summed E-state index contributed by atoms with van der Waals surface area (Å²) in [6, 6.07) is 34.1. The Kier molecular flexibility index (Phi) is 7.91. The average Bonchev–Trinajstić information content (AvgIpc) is 3.97. The largest absolute Gasteiger partial charge is 0.493 e. The maximum absolute atomic E-state index is 7.70. The lowest BCUT2D eigenvalue weighted by atomic mass is 9.52. The van der Waals surface area contributed by atoms with Gasteiger partial charge in [-0.2, -0.15) is 0 Å². The normalized spacial score (nSPS) is 40.5. The Morgan fingerprint density at radius 3 is 1.44 bits per heavy atom. The molecule has 0 N–H and O–H groups in total. The molecular formula is C56H62N4O6+2. The number of fused-ring (bicyclic) bond motifs is 6. The van der Waals surface area contributed by atoms with E-state index in [0.29, 0.717) is 37.1 Å². The van der Waals surface area contributed by atoms with Crippen LogP contribution >= 0.6 is 0 Å². The van der Waals surface area contributed by atoms with Crippen molar-refractivity contribution in [2.75, 3.05) is 77.6 Å². The number of hydrogen-bond acceptors (Lipinski definition) is 8. The lowest BCUT2D eigenvalue weighted by Gasteiger charge is -2.65. The van der Waals surface area contributed by atoms with E-state index >= 15 is 0 Å². The maximum atomic E-state index is 7.70. The zero-order valence-corrected chi connectivity index (χ0v) is 38.7. The third-order valence-corrected chi connectivity index (χ3v) is 20.4. The lowest BCUT2D eigenvalue weighted by Crippen LogP contribution is -2.78. The highest BCUT2D eigenvalue weighted by Gasteiger charge is 2.81. The standard InChI is InChI=1S/C56H62N4O6/c1-61-43-15-13-33(25-45(43)63-3)29-59-21-19-55-39-9-5-7-11-41(39)57-51(55)49-37(27-47(55)59)35(31-59)17-23-65-53(49)58-42-12-8-6-10-40(42)56-20-22-60(30-34-14-16-44(62-2)46(26-34)64-4)32-36-18-24-66-54(57)50(52(56)58)38(36)28-48(56)60/h5-18,25-26,37-38,47-54H,19-24,27-32H2,1-4H3/q+2/t37-,38-,47-,48-,49+,50+,51-,52-,53+,54+,55+,56+,59+,60+/m0/s1. The molecule has 14 atom stereocenters. The number of para-hydroxylation sites is 2. The molecule has 2 aliphatic carbocycles. The van der Waals surface area contributed by atoms with Crippen molar-refractivity contribution in [2.45, 2.75) is 86.2 Å². The summed E-state index contributed by atoms with van der Waals surface area (Å²) in [6.45, 7) is 7.73. The smallest absolute Gasteiger partial charge is 0.161 e. The summed E-state index contributed by atoms with van der Waals surface area (Å²) in [5.74, 6) is 4.63. The summed E-state index contributed by atoms with van der Waals surface area (Å²) in [4.78, 5) is 5.95. The van der Waals surface area contributed by atoms with E-state index in [1.54, 1.807) is 50.7 Å². The minimum absolute atomic E-state index is 0.0376. The molecule has 7 fully saturated rings. The molecule has 15 rings (SSSR count). The van der Waals surface area contributed by atoms with E-state index in [4.69, 9.17) is 28.4 Å². The van der Waals surface area contributed by atoms with Crippen LogP contribution in [0.15, 0.2) is 108 Å². The van der Waals surface area contributed by atoms with Gasteiger partial charge in [0.2, 0.25) is 0 Å². The first kappa shape index (κ1) is 39.0. The first-order valence-electron chi connectivity index (χ1n) is 24.9. The van der Waals surface area contributed by atoms with Gasteiger partial charge in [0.05, 0.1) is 77.7 Å². The molecule has 2 spiro atoms. The van der Waals surface area contributed by atoms with Gasteiger partial charge in [0.25, 0.3) is 0 Å². The molecular weight excluding hydrogens is 825 g/mol. The van der Waals surface area contributed by atoms with Crippen LogP contribution in [0.25, 0.3) is 0 Å². The Bertz CT molecular complexity index is 2610. The van der Waals surface area contributed by atoms with E-state index in [9.17, 15) is 0 Å². The predicted octanol–water partition coefficient (Wildman–Crippen LogP) is 7.73. The van der Waals surface area contributed by atoms with Crippen LogP contribution in [-0.4, -0.2) is 113 Å². The van der Waals surface area contributed by atoms with Crippen molar-refractivity contribution >= 4 is 11.4 Å². The number of ether oxygens (including phenoxy) is 6. The quantitative estimate of drug-likeness (QED) is 0.132. The number of quaternary nitrogens is 2. The SMILES string of the molecule is COc1ccc(C[N@+]23CC[C@@]45c6ccccc6N6[C@@H]7OCC=C8C[N@+]9(Cc%10ccc(OC)c(OC)c%10)CC[C@]%10%11c%12ccccc%12N([C@@H]%12OCC=C(C2)[C@H](C[C@@H]43)[C@@H]%12[C@H]65)[C@H]%10[C@H]7[C@H]8C[C@@H]%119)cc1OC. The van der Waals surface area contributed by atoms with Gasteiger partial charge in [-0.1, -0.05) is 48.6 Å². The van der Waals surface area contributed by atoms with Crippen LogP contribution in [0.2, 0.25) is 0 Å². The molecule has 9 aliphatic heterocycles. The number of benzene rings is 4. The van der Waals surface area contributed by atoms with Crippen molar-refractivity contribution in [3.8, 4) is 23.0 Å². The lowest BCUT2D eigenvalue weighted by molar-refractivity contribution is -0.955. The highest BCUT2D eigenvalue weighted by molar-refractivity contribution is 5.72. The summed E-state index contributed by atoms with van der Waals surface area (Å²) in [7, 11) is 6.99. The van der Waals surface area contributed by atoms with Crippen molar-refractivity contribution in [1.82, 2.24) is 0 Å². The van der Waals surface area contributed by atoms with Crippen LogP contribution in [-0.2, 0) is 33.4 Å². The van der Waals surface area contributed by atoms with Gasteiger partial charge in [0.1, 0.15) is 50.7 Å². The molecule has 2 saturated carbocycles. The van der Waals surface area contributed by atoms with Crippen LogP contribution in [0.1, 0.15) is 47.9 Å². The van der Waals surface area contributed by atoms with Gasteiger partial charge < -0.3 is 47.2 Å². The fourth-order valence-electron chi connectivity index (χ4n) is 18.5. The molecule has 5 saturated heterocycles. The van der Waals surface area contributed by atoms with Crippen molar-refractivity contribution in [2.24, 2.45) is 23.7 Å².